The average molecular weight is 289 g/mol. The van der Waals surface area contributed by atoms with Gasteiger partial charge >= 0.3 is 0 Å². The standard InChI is InChI=1S/C17H27N3O/c1-4-19-16(21)12-7-8-15(14(18)10-12)20-13-6-5-9-17(2,3)11-13/h7-8,10,13,20H,4-6,9,11,18H2,1-3H3,(H,19,21). The molecule has 0 saturated heterocycles. The summed E-state index contributed by atoms with van der Waals surface area (Å²) < 4.78 is 0. The Balaban J connectivity index is 2.06. The van der Waals surface area contributed by atoms with E-state index in [-0.39, 0.29) is 5.91 Å². The van der Waals surface area contributed by atoms with Gasteiger partial charge in [-0.05, 0) is 49.8 Å². The van der Waals surface area contributed by atoms with Crippen LogP contribution in [0.5, 0.6) is 0 Å². The predicted molar refractivity (Wildman–Crippen MR) is 88.5 cm³/mol. The van der Waals surface area contributed by atoms with Crippen LogP contribution in [0.3, 0.4) is 0 Å². The van der Waals surface area contributed by atoms with Crippen LogP contribution in [-0.4, -0.2) is 18.5 Å². The second kappa shape index (κ2) is 6.37. The van der Waals surface area contributed by atoms with Crippen LogP contribution in [0, 0.1) is 5.41 Å². The summed E-state index contributed by atoms with van der Waals surface area (Å²) >= 11 is 0. The van der Waals surface area contributed by atoms with Gasteiger partial charge in [-0.1, -0.05) is 20.3 Å². The van der Waals surface area contributed by atoms with Crippen molar-refractivity contribution in [1.82, 2.24) is 5.32 Å². The molecular formula is C17H27N3O. The molecule has 21 heavy (non-hydrogen) atoms. The second-order valence-electron chi connectivity index (χ2n) is 6.76. The van der Waals surface area contributed by atoms with Crippen molar-refractivity contribution in [3.63, 3.8) is 0 Å². The van der Waals surface area contributed by atoms with Gasteiger partial charge in [0.1, 0.15) is 0 Å². The highest BCUT2D eigenvalue weighted by molar-refractivity contribution is 5.96. The molecule has 4 nitrogen and oxygen atoms in total. The van der Waals surface area contributed by atoms with Crippen LogP contribution in [-0.2, 0) is 0 Å². The summed E-state index contributed by atoms with van der Waals surface area (Å²) in [5, 5.41) is 6.33. The SMILES string of the molecule is CCNC(=O)c1ccc(NC2CCCC(C)(C)C2)c(N)c1. The number of amides is 1. The lowest BCUT2D eigenvalue weighted by Gasteiger charge is -2.36. The maximum absolute atomic E-state index is 11.8. The molecule has 1 aromatic carbocycles. The van der Waals surface area contributed by atoms with Gasteiger partial charge < -0.3 is 16.4 Å². The molecule has 4 N–H and O–H groups in total. The van der Waals surface area contributed by atoms with E-state index in [1.165, 1.54) is 19.3 Å². The normalized spacial score (nSPS) is 20.8. The van der Waals surface area contributed by atoms with Crippen LogP contribution in [0.25, 0.3) is 0 Å². The molecule has 4 heteroatoms. The van der Waals surface area contributed by atoms with Crippen molar-refractivity contribution >= 4 is 17.3 Å². The van der Waals surface area contributed by atoms with Crippen molar-refractivity contribution in [1.29, 1.82) is 0 Å². The molecule has 0 heterocycles. The van der Waals surface area contributed by atoms with E-state index in [0.717, 1.165) is 12.1 Å². The molecule has 1 fully saturated rings. The highest BCUT2D eigenvalue weighted by atomic mass is 16.1. The van der Waals surface area contributed by atoms with E-state index in [0.29, 0.717) is 29.3 Å². The molecule has 1 atom stereocenters. The quantitative estimate of drug-likeness (QED) is 0.744. The summed E-state index contributed by atoms with van der Waals surface area (Å²) in [7, 11) is 0. The predicted octanol–water partition coefficient (Wildman–Crippen LogP) is 3.40. The third-order valence-corrected chi connectivity index (χ3v) is 4.22. The zero-order chi connectivity index (χ0) is 15.5. The molecule has 116 valence electrons. The van der Waals surface area contributed by atoms with Gasteiger partial charge in [0, 0.05) is 18.2 Å². The fourth-order valence-electron chi connectivity index (χ4n) is 3.14. The van der Waals surface area contributed by atoms with Crippen LogP contribution in [0.15, 0.2) is 18.2 Å². The Morgan fingerprint density at radius 1 is 1.43 bits per heavy atom. The lowest BCUT2D eigenvalue weighted by Crippen LogP contribution is -2.32. The lowest BCUT2D eigenvalue weighted by atomic mass is 9.75. The Bertz CT molecular complexity index is 511. The van der Waals surface area contributed by atoms with Crippen molar-refractivity contribution in [2.45, 2.75) is 52.5 Å². The molecule has 1 amide bonds. The summed E-state index contributed by atoms with van der Waals surface area (Å²) in [5.74, 6) is -0.0745. The minimum atomic E-state index is -0.0745. The van der Waals surface area contributed by atoms with Crippen molar-refractivity contribution in [2.75, 3.05) is 17.6 Å². The number of rotatable bonds is 4. The maximum atomic E-state index is 11.8. The van der Waals surface area contributed by atoms with Gasteiger partial charge in [0.05, 0.1) is 11.4 Å². The molecule has 1 unspecified atom stereocenters. The Morgan fingerprint density at radius 3 is 2.81 bits per heavy atom. The van der Waals surface area contributed by atoms with Crippen molar-refractivity contribution in [2.24, 2.45) is 5.41 Å². The zero-order valence-corrected chi connectivity index (χ0v) is 13.3. The largest absolute Gasteiger partial charge is 0.397 e. The third-order valence-electron chi connectivity index (χ3n) is 4.22. The first kappa shape index (κ1) is 15.7. The number of nitrogen functional groups attached to an aromatic ring is 1. The Morgan fingerprint density at radius 2 is 2.19 bits per heavy atom. The topological polar surface area (TPSA) is 67.2 Å². The fraction of sp³-hybridized carbons (Fsp3) is 0.588. The van der Waals surface area contributed by atoms with Crippen LogP contribution >= 0.6 is 0 Å². The van der Waals surface area contributed by atoms with Crippen LogP contribution < -0.4 is 16.4 Å². The van der Waals surface area contributed by atoms with Gasteiger partial charge in [-0.15, -0.1) is 0 Å². The molecular weight excluding hydrogens is 262 g/mol. The number of nitrogens with one attached hydrogen (secondary N) is 2. The molecule has 0 aromatic heterocycles. The molecule has 1 aliphatic rings. The van der Waals surface area contributed by atoms with Gasteiger partial charge in [-0.3, -0.25) is 4.79 Å². The van der Waals surface area contributed by atoms with E-state index >= 15 is 0 Å². The van der Waals surface area contributed by atoms with Crippen molar-refractivity contribution in [3.05, 3.63) is 23.8 Å². The first-order chi connectivity index (χ1) is 9.91. The van der Waals surface area contributed by atoms with E-state index in [2.05, 4.69) is 24.5 Å². The van der Waals surface area contributed by atoms with E-state index in [1.54, 1.807) is 6.07 Å². The zero-order valence-electron chi connectivity index (χ0n) is 13.3. The number of carbonyl (C=O) groups is 1. The summed E-state index contributed by atoms with van der Waals surface area (Å²) in [6.45, 7) is 7.17. The smallest absolute Gasteiger partial charge is 0.251 e. The monoisotopic (exact) mass is 289 g/mol. The molecule has 0 bridgehead atoms. The molecule has 0 spiro atoms. The summed E-state index contributed by atoms with van der Waals surface area (Å²) in [6.07, 6.45) is 4.88. The Kier molecular flexibility index (Phi) is 4.76. The molecule has 0 aliphatic heterocycles. The molecule has 1 aromatic rings. The first-order valence-corrected chi connectivity index (χ1v) is 7.85. The van der Waals surface area contributed by atoms with Crippen LogP contribution in [0.4, 0.5) is 11.4 Å². The first-order valence-electron chi connectivity index (χ1n) is 7.85. The van der Waals surface area contributed by atoms with E-state index in [1.807, 2.05) is 19.1 Å². The minimum Gasteiger partial charge on any atom is -0.397 e. The van der Waals surface area contributed by atoms with Crippen molar-refractivity contribution in [3.8, 4) is 0 Å². The number of anilines is 2. The van der Waals surface area contributed by atoms with Crippen LogP contribution in [0.1, 0.15) is 56.8 Å². The maximum Gasteiger partial charge on any atom is 0.251 e. The van der Waals surface area contributed by atoms with Gasteiger partial charge in [0.2, 0.25) is 0 Å². The van der Waals surface area contributed by atoms with Gasteiger partial charge in [-0.25, -0.2) is 0 Å². The number of benzene rings is 1. The third kappa shape index (κ3) is 4.13. The summed E-state index contributed by atoms with van der Waals surface area (Å²) in [4.78, 5) is 11.8. The highest BCUT2D eigenvalue weighted by Gasteiger charge is 2.28. The van der Waals surface area contributed by atoms with Crippen molar-refractivity contribution < 1.29 is 4.79 Å². The highest BCUT2D eigenvalue weighted by Crippen LogP contribution is 2.37. The second-order valence-corrected chi connectivity index (χ2v) is 6.76. The molecule has 1 aliphatic carbocycles. The van der Waals surface area contributed by atoms with Crippen LogP contribution in [0.2, 0.25) is 0 Å². The Hall–Kier alpha value is -1.71. The summed E-state index contributed by atoms with van der Waals surface area (Å²) in [5.41, 5.74) is 8.68. The number of hydrogen-bond donors (Lipinski definition) is 3. The summed E-state index contributed by atoms with van der Waals surface area (Å²) in [6, 6.07) is 5.96. The molecule has 1 saturated carbocycles. The molecule has 2 rings (SSSR count). The number of carbonyl (C=O) groups excluding carboxylic acids is 1. The average Bonchev–Trinajstić information content (AvgIpc) is 2.40. The number of hydrogen-bond acceptors (Lipinski definition) is 3. The molecule has 0 radical (unpaired) electrons. The van der Waals surface area contributed by atoms with E-state index in [4.69, 9.17) is 5.73 Å². The lowest BCUT2D eigenvalue weighted by molar-refractivity contribution is 0.0956. The van der Waals surface area contributed by atoms with E-state index < -0.39 is 0 Å². The fourth-order valence-corrected chi connectivity index (χ4v) is 3.14. The van der Waals surface area contributed by atoms with Gasteiger partial charge in [0.25, 0.3) is 5.91 Å². The van der Waals surface area contributed by atoms with Gasteiger partial charge in [-0.2, -0.15) is 0 Å². The van der Waals surface area contributed by atoms with E-state index in [9.17, 15) is 4.79 Å². The van der Waals surface area contributed by atoms with Gasteiger partial charge in [0.15, 0.2) is 0 Å². The number of nitrogens with two attached hydrogens (primary N) is 1. The Labute approximate surface area is 127 Å². The minimum absolute atomic E-state index is 0.0745.